The molecule has 28 heavy (non-hydrogen) atoms. The maximum absolute atomic E-state index is 12.1. The number of anilines is 1. The van der Waals surface area contributed by atoms with Crippen LogP contribution in [0.25, 0.3) is 11.4 Å². The van der Waals surface area contributed by atoms with Crippen molar-refractivity contribution in [1.29, 1.82) is 0 Å². The van der Waals surface area contributed by atoms with E-state index < -0.39 is 0 Å². The van der Waals surface area contributed by atoms with Crippen LogP contribution >= 0.6 is 0 Å². The molecule has 3 rings (SSSR count). The number of benzene rings is 2. The number of amides is 1. The van der Waals surface area contributed by atoms with Gasteiger partial charge < -0.3 is 14.6 Å². The Hall–Kier alpha value is -3.48. The van der Waals surface area contributed by atoms with Crippen molar-refractivity contribution in [3.8, 4) is 11.4 Å². The van der Waals surface area contributed by atoms with Gasteiger partial charge in [-0.2, -0.15) is 4.98 Å². The van der Waals surface area contributed by atoms with E-state index in [0.29, 0.717) is 36.0 Å². The molecule has 7 nitrogen and oxygen atoms in total. The predicted molar refractivity (Wildman–Crippen MR) is 104 cm³/mol. The Morgan fingerprint density at radius 3 is 2.54 bits per heavy atom. The molecule has 0 spiro atoms. The molecule has 0 aliphatic rings. The smallest absolute Gasteiger partial charge is 0.338 e. The summed E-state index contributed by atoms with van der Waals surface area (Å²) in [6.45, 7) is 2.32. The molecule has 0 radical (unpaired) electrons. The number of rotatable bonds is 8. The second-order valence-electron chi connectivity index (χ2n) is 6.14. The summed E-state index contributed by atoms with van der Waals surface area (Å²) in [5.74, 6) is 0.357. The lowest BCUT2D eigenvalue weighted by Gasteiger charge is -2.06. The van der Waals surface area contributed by atoms with E-state index in [4.69, 9.17) is 9.26 Å². The first-order valence-corrected chi connectivity index (χ1v) is 9.10. The fraction of sp³-hybridized carbons (Fsp3) is 0.238. The summed E-state index contributed by atoms with van der Waals surface area (Å²) in [4.78, 5) is 28.2. The number of ether oxygens (including phenoxy) is 1. The fourth-order valence-electron chi connectivity index (χ4n) is 2.47. The van der Waals surface area contributed by atoms with Gasteiger partial charge in [0.1, 0.15) is 0 Å². The van der Waals surface area contributed by atoms with Gasteiger partial charge >= 0.3 is 5.97 Å². The van der Waals surface area contributed by atoms with Crippen LogP contribution in [0.4, 0.5) is 5.69 Å². The third-order valence-corrected chi connectivity index (χ3v) is 3.91. The lowest BCUT2D eigenvalue weighted by atomic mass is 10.2. The van der Waals surface area contributed by atoms with E-state index in [2.05, 4.69) is 15.5 Å². The maximum atomic E-state index is 12.1. The SMILES string of the molecule is CCCOC(=O)c1ccc(NC(=O)CCc2nc(-c3ccccc3)no2)cc1. The number of carbonyl (C=O) groups is 2. The third kappa shape index (κ3) is 5.26. The molecule has 2 aromatic carbocycles. The van der Waals surface area contributed by atoms with E-state index in [-0.39, 0.29) is 18.3 Å². The Bertz CT molecular complexity index is 920. The van der Waals surface area contributed by atoms with E-state index in [0.717, 1.165) is 12.0 Å². The van der Waals surface area contributed by atoms with Gasteiger partial charge in [-0.3, -0.25) is 4.79 Å². The molecule has 0 aliphatic heterocycles. The van der Waals surface area contributed by atoms with Crippen molar-refractivity contribution in [1.82, 2.24) is 10.1 Å². The third-order valence-electron chi connectivity index (χ3n) is 3.91. The number of carbonyl (C=O) groups excluding carboxylic acids is 2. The fourth-order valence-corrected chi connectivity index (χ4v) is 2.47. The molecule has 0 saturated heterocycles. The van der Waals surface area contributed by atoms with Crippen molar-refractivity contribution in [3.63, 3.8) is 0 Å². The molecule has 1 amide bonds. The Morgan fingerprint density at radius 1 is 1.07 bits per heavy atom. The Balaban J connectivity index is 1.49. The zero-order valence-electron chi connectivity index (χ0n) is 15.6. The molecule has 0 fully saturated rings. The number of hydrogen-bond acceptors (Lipinski definition) is 6. The van der Waals surface area contributed by atoms with Gasteiger partial charge in [0.05, 0.1) is 12.2 Å². The quantitative estimate of drug-likeness (QED) is 0.597. The number of aryl methyl sites for hydroxylation is 1. The van der Waals surface area contributed by atoms with Crippen LogP contribution in [-0.2, 0) is 16.0 Å². The zero-order chi connectivity index (χ0) is 19.8. The lowest BCUT2D eigenvalue weighted by molar-refractivity contribution is -0.116. The molecule has 0 atom stereocenters. The molecule has 3 aromatic rings. The lowest BCUT2D eigenvalue weighted by Crippen LogP contribution is -2.13. The minimum atomic E-state index is -0.370. The van der Waals surface area contributed by atoms with Crippen molar-refractivity contribution in [2.75, 3.05) is 11.9 Å². The van der Waals surface area contributed by atoms with E-state index >= 15 is 0 Å². The summed E-state index contributed by atoms with van der Waals surface area (Å²) in [6.07, 6.45) is 1.32. The standard InChI is InChI=1S/C21H21N3O4/c1-2-14-27-21(26)16-8-10-17(11-9-16)22-18(25)12-13-19-23-20(24-28-19)15-6-4-3-5-7-15/h3-11H,2,12-14H2,1H3,(H,22,25). The van der Waals surface area contributed by atoms with Crippen molar-refractivity contribution in [2.24, 2.45) is 0 Å². The van der Waals surface area contributed by atoms with E-state index in [1.54, 1.807) is 24.3 Å². The zero-order valence-corrected chi connectivity index (χ0v) is 15.6. The van der Waals surface area contributed by atoms with Gasteiger partial charge in [0, 0.05) is 24.1 Å². The first-order valence-electron chi connectivity index (χ1n) is 9.10. The van der Waals surface area contributed by atoms with Gasteiger partial charge in [-0.15, -0.1) is 0 Å². The van der Waals surface area contributed by atoms with Crippen LogP contribution < -0.4 is 5.32 Å². The summed E-state index contributed by atoms with van der Waals surface area (Å²) < 4.78 is 10.3. The van der Waals surface area contributed by atoms with Gasteiger partial charge in [0.15, 0.2) is 0 Å². The monoisotopic (exact) mass is 379 g/mol. The number of nitrogens with one attached hydrogen (secondary N) is 1. The summed E-state index contributed by atoms with van der Waals surface area (Å²) in [6, 6.07) is 16.1. The number of esters is 1. The van der Waals surface area contributed by atoms with E-state index in [1.165, 1.54) is 0 Å². The average Bonchev–Trinajstić information content (AvgIpc) is 3.21. The van der Waals surface area contributed by atoms with Crippen LogP contribution in [0.5, 0.6) is 0 Å². The molecular weight excluding hydrogens is 358 g/mol. The highest BCUT2D eigenvalue weighted by Crippen LogP contribution is 2.16. The summed E-state index contributed by atoms with van der Waals surface area (Å²) in [5, 5.41) is 6.71. The summed E-state index contributed by atoms with van der Waals surface area (Å²) in [5.41, 5.74) is 1.91. The molecule has 1 N–H and O–H groups in total. The molecule has 0 unspecified atom stereocenters. The first kappa shape index (κ1) is 19.3. The highest BCUT2D eigenvalue weighted by atomic mass is 16.5. The normalized spacial score (nSPS) is 10.5. The molecule has 1 heterocycles. The minimum Gasteiger partial charge on any atom is -0.462 e. The predicted octanol–water partition coefficient (Wildman–Crippen LogP) is 3.87. The maximum Gasteiger partial charge on any atom is 0.338 e. The van der Waals surface area contributed by atoms with Crippen molar-refractivity contribution in [2.45, 2.75) is 26.2 Å². The van der Waals surface area contributed by atoms with Crippen molar-refractivity contribution >= 4 is 17.6 Å². The van der Waals surface area contributed by atoms with Gasteiger partial charge in [-0.1, -0.05) is 42.4 Å². The number of nitrogens with zero attached hydrogens (tertiary/aromatic N) is 2. The largest absolute Gasteiger partial charge is 0.462 e. The van der Waals surface area contributed by atoms with E-state index in [1.807, 2.05) is 37.3 Å². The van der Waals surface area contributed by atoms with Crippen LogP contribution in [0.2, 0.25) is 0 Å². The minimum absolute atomic E-state index is 0.180. The second-order valence-corrected chi connectivity index (χ2v) is 6.14. The Kier molecular flexibility index (Phi) is 6.51. The first-order chi connectivity index (χ1) is 13.7. The molecule has 7 heteroatoms. The molecule has 0 bridgehead atoms. The van der Waals surface area contributed by atoms with Crippen LogP contribution in [0.3, 0.4) is 0 Å². The molecular formula is C21H21N3O4. The summed E-state index contributed by atoms with van der Waals surface area (Å²) >= 11 is 0. The van der Waals surface area contributed by atoms with Crippen molar-refractivity contribution < 1.29 is 18.8 Å². The van der Waals surface area contributed by atoms with Gasteiger partial charge in [-0.05, 0) is 30.7 Å². The summed E-state index contributed by atoms with van der Waals surface area (Å²) in [7, 11) is 0. The molecule has 0 saturated carbocycles. The average molecular weight is 379 g/mol. The van der Waals surface area contributed by atoms with Gasteiger partial charge in [-0.25, -0.2) is 4.79 Å². The second kappa shape index (κ2) is 9.45. The van der Waals surface area contributed by atoms with Crippen LogP contribution in [0.15, 0.2) is 59.1 Å². The molecule has 0 aliphatic carbocycles. The van der Waals surface area contributed by atoms with Crippen molar-refractivity contribution in [3.05, 3.63) is 66.1 Å². The van der Waals surface area contributed by atoms with Gasteiger partial charge in [0.25, 0.3) is 0 Å². The molecule has 144 valence electrons. The Morgan fingerprint density at radius 2 is 1.82 bits per heavy atom. The van der Waals surface area contributed by atoms with Gasteiger partial charge in [0.2, 0.25) is 17.6 Å². The Labute approximate surface area is 162 Å². The highest BCUT2D eigenvalue weighted by Gasteiger charge is 2.11. The van der Waals surface area contributed by atoms with Crippen LogP contribution in [0.1, 0.15) is 36.0 Å². The van der Waals surface area contributed by atoms with Crippen LogP contribution in [-0.4, -0.2) is 28.6 Å². The van der Waals surface area contributed by atoms with E-state index in [9.17, 15) is 9.59 Å². The number of aromatic nitrogens is 2. The van der Waals surface area contributed by atoms with Crippen LogP contribution in [0, 0.1) is 0 Å². The molecule has 1 aromatic heterocycles. The topological polar surface area (TPSA) is 94.3 Å². The number of hydrogen-bond donors (Lipinski definition) is 1. The highest BCUT2D eigenvalue weighted by molar-refractivity contribution is 5.93.